The van der Waals surface area contributed by atoms with E-state index in [-0.39, 0.29) is 24.0 Å². The molecule has 0 atom stereocenters. The molecular formula is C18H25IN4O. The van der Waals surface area contributed by atoms with Crippen LogP contribution in [0.25, 0.3) is 0 Å². The summed E-state index contributed by atoms with van der Waals surface area (Å²) in [5.74, 6) is 1.49. The first-order chi connectivity index (χ1) is 11.2. The third-order valence-electron chi connectivity index (χ3n) is 3.40. The molecule has 1 N–H and O–H groups in total. The number of benzene rings is 1. The van der Waals surface area contributed by atoms with Gasteiger partial charge in [0.1, 0.15) is 0 Å². The molecule has 130 valence electrons. The summed E-state index contributed by atoms with van der Waals surface area (Å²) >= 11 is 0. The molecular weight excluding hydrogens is 415 g/mol. The molecule has 0 spiro atoms. The first kappa shape index (κ1) is 20.2. The minimum Gasteiger partial charge on any atom is -0.481 e. The fraction of sp³-hybridized carbons (Fsp3) is 0.333. The van der Waals surface area contributed by atoms with E-state index in [0.29, 0.717) is 12.4 Å². The Morgan fingerprint density at radius 1 is 1.21 bits per heavy atom. The van der Waals surface area contributed by atoms with Gasteiger partial charge in [-0.05, 0) is 18.6 Å². The molecule has 1 aromatic carbocycles. The maximum atomic E-state index is 5.28. The van der Waals surface area contributed by atoms with E-state index in [1.807, 2.05) is 37.4 Å². The highest BCUT2D eigenvalue weighted by Gasteiger charge is 2.08. The molecule has 24 heavy (non-hydrogen) atoms. The Kier molecular flexibility index (Phi) is 9.14. The van der Waals surface area contributed by atoms with Gasteiger partial charge in [0, 0.05) is 31.9 Å². The smallest absolute Gasteiger partial charge is 0.218 e. The van der Waals surface area contributed by atoms with E-state index in [9.17, 15) is 0 Å². The Morgan fingerprint density at radius 2 is 1.96 bits per heavy atom. The number of guanidine groups is 1. The second kappa shape index (κ2) is 10.9. The van der Waals surface area contributed by atoms with Crippen molar-refractivity contribution in [2.45, 2.75) is 20.0 Å². The van der Waals surface area contributed by atoms with Crippen molar-refractivity contribution in [2.24, 2.45) is 4.99 Å². The maximum absolute atomic E-state index is 5.28. The highest BCUT2D eigenvalue weighted by molar-refractivity contribution is 14.0. The zero-order chi connectivity index (χ0) is 16.5. The lowest BCUT2D eigenvalue weighted by atomic mass is 10.2. The molecule has 0 saturated carbocycles. The van der Waals surface area contributed by atoms with Crippen LogP contribution in [-0.4, -0.2) is 36.5 Å². The molecule has 0 aliphatic carbocycles. The van der Waals surface area contributed by atoms with E-state index < -0.39 is 0 Å². The first-order valence-electron chi connectivity index (χ1n) is 7.75. The molecule has 0 amide bonds. The highest BCUT2D eigenvalue weighted by atomic mass is 127. The van der Waals surface area contributed by atoms with Crippen LogP contribution in [0.3, 0.4) is 0 Å². The van der Waals surface area contributed by atoms with Crippen LogP contribution in [0.1, 0.15) is 18.1 Å². The molecule has 0 aliphatic heterocycles. The number of aliphatic imine (C=N–C) groups is 1. The van der Waals surface area contributed by atoms with Gasteiger partial charge in [-0.15, -0.1) is 24.0 Å². The van der Waals surface area contributed by atoms with Gasteiger partial charge in [0.15, 0.2) is 5.96 Å². The van der Waals surface area contributed by atoms with Gasteiger partial charge in [0.05, 0.1) is 13.7 Å². The summed E-state index contributed by atoms with van der Waals surface area (Å²) in [6, 6.07) is 14.2. The fourth-order valence-electron chi connectivity index (χ4n) is 2.29. The number of rotatable bonds is 6. The van der Waals surface area contributed by atoms with Gasteiger partial charge in [0.25, 0.3) is 0 Å². The van der Waals surface area contributed by atoms with Gasteiger partial charge in [-0.2, -0.15) is 0 Å². The van der Waals surface area contributed by atoms with Gasteiger partial charge in [-0.25, -0.2) is 9.98 Å². The maximum Gasteiger partial charge on any atom is 0.218 e. The van der Waals surface area contributed by atoms with Crippen molar-refractivity contribution < 1.29 is 4.74 Å². The number of nitrogens with one attached hydrogen (secondary N) is 1. The van der Waals surface area contributed by atoms with Crippen molar-refractivity contribution >= 4 is 29.9 Å². The van der Waals surface area contributed by atoms with Crippen molar-refractivity contribution in [2.75, 3.05) is 20.7 Å². The standard InChI is InChI=1S/C18H24N4O.HI/c1-4-19-18(22(2)14-15-9-6-5-7-10-15)21-13-16-11-8-12-20-17(16)23-3;/h5-12H,4,13-14H2,1-3H3,(H,19,21);1H. The molecule has 6 heteroatoms. The van der Waals surface area contributed by atoms with Crippen LogP contribution in [0.5, 0.6) is 5.88 Å². The van der Waals surface area contributed by atoms with Gasteiger partial charge in [0.2, 0.25) is 5.88 Å². The van der Waals surface area contributed by atoms with Crippen LogP contribution >= 0.6 is 24.0 Å². The van der Waals surface area contributed by atoms with Crippen molar-refractivity contribution in [3.63, 3.8) is 0 Å². The topological polar surface area (TPSA) is 49.8 Å². The van der Waals surface area contributed by atoms with E-state index in [1.54, 1.807) is 13.3 Å². The number of methoxy groups -OCH3 is 1. The SMILES string of the molecule is CCNC(=NCc1cccnc1OC)N(C)Cc1ccccc1.I. The summed E-state index contributed by atoms with van der Waals surface area (Å²) in [4.78, 5) is 11.0. The van der Waals surface area contributed by atoms with Crippen LogP contribution in [0, 0.1) is 0 Å². The lowest BCUT2D eigenvalue weighted by Crippen LogP contribution is -2.38. The lowest BCUT2D eigenvalue weighted by Gasteiger charge is -2.22. The average Bonchev–Trinajstić information content (AvgIpc) is 2.59. The third kappa shape index (κ3) is 5.99. The van der Waals surface area contributed by atoms with Crippen LogP contribution in [0.15, 0.2) is 53.7 Å². The molecule has 0 fully saturated rings. The number of halogens is 1. The van der Waals surface area contributed by atoms with Crippen molar-refractivity contribution in [3.8, 4) is 5.88 Å². The van der Waals surface area contributed by atoms with Crippen molar-refractivity contribution in [1.82, 2.24) is 15.2 Å². The minimum atomic E-state index is 0. The summed E-state index contributed by atoms with van der Waals surface area (Å²) in [5.41, 5.74) is 2.22. The van der Waals surface area contributed by atoms with Crippen LogP contribution < -0.4 is 10.1 Å². The largest absolute Gasteiger partial charge is 0.481 e. The van der Waals surface area contributed by atoms with Gasteiger partial charge in [-0.3, -0.25) is 0 Å². The highest BCUT2D eigenvalue weighted by Crippen LogP contribution is 2.14. The van der Waals surface area contributed by atoms with Gasteiger partial charge >= 0.3 is 0 Å². The zero-order valence-corrected chi connectivity index (χ0v) is 16.7. The van der Waals surface area contributed by atoms with Crippen LogP contribution in [0.2, 0.25) is 0 Å². The van der Waals surface area contributed by atoms with Crippen molar-refractivity contribution in [3.05, 3.63) is 59.8 Å². The molecule has 2 aromatic rings. The second-order valence-corrected chi connectivity index (χ2v) is 5.18. The van der Waals surface area contributed by atoms with Crippen molar-refractivity contribution in [1.29, 1.82) is 0 Å². The van der Waals surface area contributed by atoms with Gasteiger partial charge in [-0.1, -0.05) is 36.4 Å². The molecule has 0 saturated heterocycles. The Labute approximate surface area is 161 Å². The molecule has 0 radical (unpaired) electrons. The fourth-order valence-corrected chi connectivity index (χ4v) is 2.29. The summed E-state index contributed by atoms with van der Waals surface area (Å²) < 4.78 is 5.28. The zero-order valence-electron chi connectivity index (χ0n) is 14.4. The molecule has 0 bridgehead atoms. The molecule has 1 aromatic heterocycles. The summed E-state index contributed by atoms with van der Waals surface area (Å²) in [6.07, 6.45) is 1.72. The summed E-state index contributed by atoms with van der Waals surface area (Å²) in [7, 11) is 3.66. The predicted molar refractivity (Wildman–Crippen MR) is 109 cm³/mol. The molecule has 2 rings (SSSR count). The second-order valence-electron chi connectivity index (χ2n) is 5.18. The van der Waals surface area contributed by atoms with E-state index in [0.717, 1.165) is 24.6 Å². The Morgan fingerprint density at radius 3 is 2.62 bits per heavy atom. The third-order valence-corrected chi connectivity index (χ3v) is 3.40. The van der Waals surface area contributed by atoms with E-state index in [1.165, 1.54) is 5.56 Å². The summed E-state index contributed by atoms with van der Waals surface area (Å²) in [6.45, 7) is 4.22. The first-order valence-corrected chi connectivity index (χ1v) is 7.75. The van der Waals surface area contributed by atoms with Gasteiger partial charge < -0.3 is 15.0 Å². The molecule has 1 heterocycles. The molecule has 0 unspecified atom stereocenters. The normalized spacial score (nSPS) is 10.7. The quantitative estimate of drug-likeness (QED) is 0.426. The number of hydrogen-bond donors (Lipinski definition) is 1. The predicted octanol–water partition coefficient (Wildman–Crippen LogP) is 3.31. The lowest BCUT2D eigenvalue weighted by molar-refractivity contribution is 0.392. The Bertz CT molecular complexity index is 634. The summed E-state index contributed by atoms with van der Waals surface area (Å²) in [5, 5.41) is 3.33. The van der Waals surface area contributed by atoms with Crippen LogP contribution in [0.4, 0.5) is 0 Å². The molecule has 0 aliphatic rings. The number of nitrogens with zero attached hydrogens (tertiary/aromatic N) is 3. The number of hydrogen-bond acceptors (Lipinski definition) is 3. The monoisotopic (exact) mass is 440 g/mol. The van der Waals surface area contributed by atoms with E-state index in [4.69, 9.17) is 9.73 Å². The molecule has 5 nitrogen and oxygen atoms in total. The number of pyridine rings is 1. The van der Waals surface area contributed by atoms with E-state index >= 15 is 0 Å². The average molecular weight is 440 g/mol. The number of ether oxygens (including phenoxy) is 1. The van der Waals surface area contributed by atoms with Crippen LogP contribution in [-0.2, 0) is 13.1 Å². The Balaban J connectivity index is 0.00000288. The Hall–Kier alpha value is -1.83. The number of aromatic nitrogens is 1. The van der Waals surface area contributed by atoms with E-state index in [2.05, 4.69) is 34.3 Å². The minimum absolute atomic E-state index is 0.